The highest BCUT2D eigenvalue weighted by Crippen LogP contribution is 2.36. The third kappa shape index (κ3) is 5.13. The van der Waals surface area contributed by atoms with E-state index in [1.807, 2.05) is 6.92 Å². The monoisotopic (exact) mass is 353 g/mol. The van der Waals surface area contributed by atoms with Gasteiger partial charge in [0.05, 0.1) is 4.92 Å². The molecule has 7 nitrogen and oxygen atoms in total. The molecule has 0 aliphatic rings. The molecule has 1 aromatic rings. The molecule has 2 N–H and O–H groups in total. The summed E-state index contributed by atoms with van der Waals surface area (Å²) in [5.41, 5.74) is -0.210. The van der Waals surface area contributed by atoms with Crippen molar-refractivity contribution >= 4 is 43.8 Å². The zero-order valence-corrected chi connectivity index (χ0v) is 14.5. The van der Waals surface area contributed by atoms with Crippen molar-refractivity contribution in [1.29, 1.82) is 0 Å². The molecule has 0 aliphatic carbocycles. The van der Waals surface area contributed by atoms with Crippen LogP contribution in [0, 0.1) is 10.1 Å². The normalized spacial score (nSPS) is 13.1. The van der Waals surface area contributed by atoms with Crippen LogP contribution in [-0.4, -0.2) is 37.4 Å². The number of nitro groups is 1. The van der Waals surface area contributed by atoms with Crippen molar-refractivity contribution in [3.05, 3.63) is 16.2 Å². The van der Waals surface area contributed by atoms with E-state index in [4.69, 9.17) is 0 Å². The van der Waals surface area contributed by atoms with Crippen LogP contribution in [-0.2, 0) is 10.0 Å². The number of sulfonamides is 1. The van der Waals surface area contributed by atoms with Gasteiger partial charge < -0.3 is 5.32 Å². The smallest absolute Gasteiger partial charge is 0.304 e. The number of hydrogen-bond donors (Lipinski definition) is 2. The maximum Gasteiger partial charge on any atom is 0.304 e. The number of thioether (sulfide) groups is 1. The fourth-order valence-corrected chi connectivity index (χ4v) is 5.00. The van der Waals surface area contributed by atoms with E-state index in [9.17, 15) is 18.5 Å². The summed E-state index contributed by atoms with van der Waals surface area (Å²) in [7, 11) is -3.73. The van der Waals surface area contributed by atoms with Crippen LogP contribution >= 0.6 is 23.1 Å². The van der Waals surface area contributed by atoms with Crippen molar-refractivity contribution in [1.82, 2.24) is 4.72 Å². The molecule has 0 saturated carbocycles. The SMILES string of the molecule is CCNc1sc(S(=O)(=O)NC(C)CSCC)cc1[N+](=O)[O-]. The Morgan fingerprint density at radius 2 is 2.14 bits per heavy atom. The summed E-state index contributed by atoms with van der Waals surface area (Å²) in [6, 6.07) is 0.869. The summed E-state index contributed by atoms with van der Waals surface area (Å²) in [5.74, 6) is 1.56. The molecule has 1 atom stereocenters. The van der Waals surface area contributed by atoms with Gasteiger partial charge in [-0.1, -0.05) is 18.3 Å². The summed E-state index contributed by atoms with van der Waals surface area (Å²) >= 11 is 2.50. The van der Waals surface area contributed by atoms with E-state index < -0.39 is 14.9 Å². The van der Waals surface area contributed by atoms with Crippen LogP contribution in [0.15, 0.2) is 10.3 Å². The minimum Gasteiger partial charge on any atom is -0.372 e. The second-order valence-corrected chi connectivity index (χ2v) is 8.56. The Bertz CT molecular complexity index is 586. The topological polar surface area (TPSA) is 101 Å². The molecule has 1 rings (SSSR count). The summed E-state index contributed by atoms with van der Waals surface area (Å²) in [4.78, 5) is 10.4. The molecule has 0 radical (unpaired) electrons. The molecule has 1 aromatic heterocycles. The first kappa shape index (κ1) is 18.2. The predicted octanol–water partition coefficient (Wildman–Crippen LogP) is 2.51. The largest absolute Gasteiger partial charge is 0.372 e. The zero-order valence-electron chi connectivity index (χ0n) is 12.1. The molecule has 0 aliphatic heterocycles. The first-order valence-electron chi connectivity index (χ1n) is 6.44. The van der Waals surface area contributed by atoms with Crippen molar-refractivity contribution in [2.45, 2.75) is 31.0 Å². The number of rotatable bonds is 9. The molecule has 21 heavy (non-hydrogen) atoms. The Morgan fingerprint density at radius 3 is 2.67 bits per heavy atom. The van der Waals surface area contributed by atoms with Gasteiger partial charge in [0.2, 0.25) is 0 Å². The predicted molar refractivity (Wildman–Crippen MR) is 87.9 cm³/mol. The van der Waals surface area contributed by atoms with Crippen molar-refractivity contribution in [2.24, 2.45) is 0 Å². The Hall–Kier alpha value is -0.840. The third-order valence-corrected chi connectivity index (χ3v) is 6.71. The summed E-state index contributed by atoms with van der Waals surface area (Å²) in [6.07, 6.45) is 0. The lowest BCUT2D eigenvalue weighted by molar-refractivity contribution is -0.383. The molecule has 0 aromatic carbocycles. The van der Waals surface area contributed by atoms with E-state index in [2.05, 4.69) is 10.0 Å². The van der Waals surface area contributed by atoms with Crippen molar-refractivity contribution in [3.8, 4) is 0 Å². The van der Waals surface area contributed by atoms with E-state index >= 15 is 0 Å². The summed E-state index contributed by atoms with van der Waals surface area (Å²) in [6.45, 7) is 6.04. The van der Waals surface area contributed by atoms with E-state index in [-0.39, 0.29) is 20.9 Å². The number of thiophene rings is 1. The Morgan fingerprint density at radius 1 is 1.48 bits per heavy atom. The van der Waals surface area contributed by atoms with E-state index in [0.29, 0.717) is 12.3 Å². The van der Waals surface area contributed by atoms with Gasteiger partial charge in [-0.2, -0.15) is 11.8 Å². The lowest BCUT2D eigenvalue weighted by atomic mass is 10.4. The highest BCUT2D eigenvalue weighted by atomic mass is 32.2. The molecule has 1 heterocycles. The maximum atomic E-state index is 12.2. The number of nitrogens with one attached hydrogen (secondary N) is 2. The Balaban J connectivity index is 2.97. The van der Waals surface area contributed by atoms with Crippen LogP contribution < -0.4 is 10.0 Å². The van der Waals surface area contributed by atoms with Crippen LogP contribution in [0.1, 0.15) is 20.8 Å². The van der Waals surface area contributed by atoms with Gasteiger partial charge in [0.1, 0.15) is 4.21 Å². The second kappa shape index (κ2) is 7.97. The average molecular weight is 353 g/mol. The van der Waals surface area contributed by atoms with Crippen LogP contribution in [0.25, 0.3) is 0 Å². The lowest BCUT2D eigenvalue weighted by Gasteiger charge is -2.12. The summed E-state index contributed by atoms with van der Waals surface area (Å²) in [5, 5.41) is 14.0. The van der Waals surface area contributed by atoms with Gasteiger partial charge in [0, 0.05) is 24.4 Å². The summed E-state index contributed by atoms with van der Waals surface area (Å²) < 4.78 is 27.0. The van der Waals surface area contributed by atoms with Crippen molar-refractivity contribution in [2.75, 3.05) is 23.4 Å². The number of hydrogen-bond acceptors (Lipinski definition) is 7. The first-order chi connectivity index (χ1) is 9.81. The molecule has 10 heteroatoms. The zero-order chi connectivity index (χ0) is 16.0. The molecular weight excluding hydrogens is 334 g/mol. The molecule has 0 fully saturated rings. The minimum absolute atomic E-state index is 0.0431. The molecule has 0 amide bonds. The highest BCUT2D eigenvalue weighted by molar-refractivity contribution is 7.99. The van der Waals surface area contributed by atoms with Crippen molar-refractivity contribution in [3.63, 3.8) is 0 Å². The molecule has 0 spiro atoms. The minimum atomic E-state index is -3.73. The fraction of sp³-hybridized carbons (Fsp3) is 0.636. The van der Waals surface area contributed by atoms with Crippen LogP contribution in [0.2, 0.25) is 0 Å². The van der Waals surface area contributed by atoms with E-state index in [1.54, 1.807) is 25.6 Å². The van der Waals surface area contributed by atoms with Gasteiger partial charge >= 0.3 is 5.69 Å². The van der Waals surface area contributed by atoms with Gasteiger partial charge in [-0.05, 0) is 19.6 Å². The molecule has 1 unspecified atom stereocenters. The highest BCUT2D eigenvalue weighted by Gasteiger charge is 2.26. The van der Waals surface area contributed by atoms with Gasteiger partial charge in [-0.3, -0.25) is 10.1 Å². The molecule has 0 saturated heterocycles. The quantitative estimate of drug-likeness (QED) is 0.522. The second-order valence-electron chi connectivity index (χ2n) is 4.25. The molecular formula is C11H19N3O4S3. The van der Waals surface area contributed by atoms with Gasteiger partial charge in [-0.25, -0.2) is 13.1 Å². The maximum absolute atomic E-state index is 12.2. The fourth-order valence-electron chi connectivity index (χ4n) is 1.57. The Kier molecular flexibility index (Phi) is 6.91. The Labute approximate surface area is 132 Å². The van der Waals surface area contributed by atoms with E-state index in [1.165, 1.54) is 0 Å². The van der Waals surface area contributed by atoms with Crippen LogP contribution in [0.4, 0.5) is 10.7 Å². The molecule has 0 bridgehead atoms. The molecule has 120 valence electrons. The van der Waals surface area contributed by atoms with Crippen LogP contribution in [0.3, 0.4) is 0 Å². The van der Waals surface area contributed by atoms with Gasteiger partial charge in [0.25, 0.3) is 10.0 Å². The third-order valence-electron chi connectivity index (χ3n) is 2.42. The van der Waals surface area contributed by atoms with Gasteiger partial charge in [0.15, 0.2) is 5.00 Å². The van der Waals surface area contributed by atoms with Crippen LogP contribution in [0.5, 0.6) is 0 Å². The standard InChI is InChI=1S/C11H19N3O4S3/c1-4-12-11-9(14(15)16)6-10(20-11)21(17,18)13-8(3)7-19-5-2/h6,8,12-13H,4-5,7H2,1-3H3. The first-order valence-corrected chi connectivity index (χ1v) is 9.89. The number of anilines is 1. The lowest BCUT2D eigenvalue weighted by Crippen LogP contribution is -2.33. The van der Waals surface area contributed by atoms with E-state index in [0.717, 1.165) is 23.2 Å². The number of nitrogens with zero attached hydrogens (tertiary/aromatic N) is 1. The van der Waals surface area contributed by atoms with Crippen molar-refractivity contribution < 1.29 is 13.3 Å². The van der Waals surface area contributed by atoms with Gasteiger partial charge in [-0.15, -0.1) is 0 Å². The average Bonchev–Trinajstić information content (AvgIpc) is 2.81.